The molecule has 1 heterocycles. The number of carbonyl (C=O) groups excluding carboxylic acids is 2. The zero-order chi connectivity index (χ0) is 17.8. The second kappa shape index (κ2) is 5.38. The van der Waals surface area contributed by atoms with Crippen LogP contribution in [0.2, 0.25) is 0 Å². The fourth-order valence-electron chi connectivity index (χ4n) is 5.31. The van der Waals surface area contributed by atoms with Crippen molar-refractivity contribution < 1.29 is 28.5 Å². The van der Waals surface area contributed by atoms with E-state index in [-0.39, 0.29) is 18.5 Å². The highest BCUT2D eigenvalue weighted by molar-refractivity contribution is 5.85. The number of benzene rings is 1. The van der Waals surface area contributed by atoms with Gasteiger partial charge in [-0.05, 0) is 37.8 Å². The Morgan fingerprint density at radius 1 is 1.20 bits per heavy atom. The van der Waals surface area contributed by atoms with E-state index in [0.29, 0.717) is 31.4 Å². The van der Waals surface area contributed by atoms with Gasteiger partial charge in [0.05, 0.1) is 25.0 Å². The van der Waals surface area contributed by atoms with Gasteiger partial charge in [0.2, 0.25) is 0 Å². The Morgan fingerprint density at radius 2 is 1.92 bits per heavy atom. The number of rotatable bonds is 3. The van der Waals surface area contributed by atoms with E-state index in [4.69, 9.17) is 18.9 Å². The van der Waals surface area contributed by atoms with Gasteiger partial charge in [-0.3, -0.25) is 9.59 Å². The predicted octanol–water partition coefficient (Wildman–Crippen LogP) is 2.16. The van der Waals surface area contributed by atoms with E-state index in [2.05, 4.69) is 0 Å². The summed E-state index contributed by atoms with van der Waals surface area (Å²) in [4.78, 5) is 24.5. The molecule has 4 rings (SSSR count). The highest BCUT2D eigenvalue weighted by Gasteiger charge is 2.73. The molecule has 6 heteroatoms. The summed E-state index contributed by atoms with van der Waals surface area (Å²) in [6.07, 6.45) is 2.27. The predicted molar refractivity (Wildman–Crippen MR) is 87.7 cm³/mol. The molecule has 2 aliphatic carbocycles. The first kappa shape index (κ1) is 16.2. The SMILES string of the molecule is COc1ccc(OC)c2c1CC[C@@]13CC[C@H](OC(C)=O)[C@@]21COC3=O. The number of esters is 2. The summed E-state index contributed by atoms with van der Waals surface area (Å²) in [7, 11) is 3.25. The number of hydrogen-bond acceptors (Lipinski definition) is 6. The van der Waals surface area contributed by atoms with Crippen LogP contribution in [0.5, 0.6) is 11.5 Å². The zero-order valence-corrected chi connectivity index (χ0v) is 14.7. The van der Waals surface area contributed by atoms with Crippen molar-refractivity contribution in [3.63, 3.8) is 0 Å². The van der Waals surface area contributed by atoms with Crippen LogP contribution in [0.15, 0.2) is 12.1 Å². The quantitative estimate of drug-likeness (QED) is 0.781. The maximum atomic E-state index is 12.8. The molecule has 134 valence electrons. The van der Waals surface area contributed by atoms with Crippen LogP contribution < -0.4 is 9.47 Å². The Bertz CT molecular complexity index is 757. The van der Waals surface area contributed by atoms with Gasteiger partial charge in [-0.1, -0.05) is 0 Å². The lowest BCUT2D eigenvalue weighted by atomic mass is 9.56. The topological polar surface area (TPSA) is 71.1 Å². The molecule has 3 atom stereocenters. The van der Waals surface area contributed by atoms with Gasteiger partial charge >= 0.3 is 11.9 Å². The van der Waals surface area contributed by atoms with Gasteiger partial charge in [-0.15, -0.1) is 0 Å². The molecule has 0 aromatic heterocycles. The zero-order valence-electron chi connectivity index (χ0n) is 14.7. The van der Waals surface area contributed by atoms with E-state index in [0.717, 1.165) is 16.9 Å². The van der Waals surface area contributed by atoms with E-state index in [1.807, 2.05) is 12.1 Å². The first-order valence-corrected chi connectivity index (χ1v) is 8.59. The standard InChI is InChI=1S/C19H22O6/c1-11(20)25-15-7-9-18-8-6-12-13(22-2)4-5-14(23-3)16(12)19(15,18)10-24-17(18)21/h4-5,15H,6-10H2,1-3H3/t15-,18-,19-/m0/s1. The lowest BCUT2D eigenvalue weighted by molar-refractivity contribution is -0.151. The Kier molecular flexibility index (Phi) is 3.49. The molecule has 1 saturated carbocycles. The first-order valence-electron chi connectivity index (χ1n) is 8.59. The molecule has 25 heavy (non-hydrogen) atoms. The van der Waals surface area contributed by atoms with Crippen LogP contribution >= 0.6 is 0 Å². The molecular formula is C19H22O6. The number of ether oxygens (including phenoxy) is 4. The van der Waals surface area contributed by atoms with Gasteiger partial charge in [0.1, 0.15) is 24.2 Å². The fourth-order valence-corrected chi connectivity index (χ4v) is 5.31. The monoisotopic (exact) mass is 346 g/mol. The Morgan fingerprint density at radius 3 is 2.60 bits per heavy atom. The maximum Gasteiger partial charge on any atom is 0.313 e. The second-order valence-corrected chi connectivity index (χ2v) is 7.09. The van der Waals surface area contributed by atoms with Crippen LogP contribution in [0.25, 0.3) is 0 Å². The van der Waals surface area contributed by atoms with Crippen LogP contribution in [0.3, 0.4) is 0 Å². The summed E-state index contributed by atoms with van der Waals surface area (Å²) in [6.45, 7) is 1.61. The molecular weight excluding hydrogens is 324 g/mol. The molecule has 1 aromatic carbocycles. The number of carbonyl (C=O) groups is 2. The summed E-state index contributed by atoms with van der Waals surface area (Å²) in [5.41, 5.74) is 0.577. The number of hydrogen-bond donors (Lipinski definition) is 0. The highest BCUT2D eigenvalue weighted by Crippen LogP contribution is 2.66. The third kappa shape index (κ3) is 1.85. The van der Waals surface area contributed by atoms with Crippen LogP contribution in [-0.4, -0.2) is 38.9 Å². The molecule has 0 unspecified atom stereocenters. The molecule has 0 radical (unpaired) electrons. The van der Waals surface area contributed by atoms with Crippen LogP contribution in [0, 0.1) is 5.41 Å². The van der Waals surface area contributed by atoms with E-state index in [1.165, 1.54) is 6.92 Å². The lowest BCUT2D eigenvalue weighted by Gasteiger charge is -2.45. The normalized spacial score (nSPS) is 32.3. The molecule has 0 spiro atoms. The molecule has 0 amide bonds. The number of fused-ring (bicyclic) bond motifs is 1. The minimum absolute atomic E-state index is 0.183. The van der Waals surface area contributed by atoms with Gasteiger partial charge < -0.3 is 18.9 Å². The third-order valence-corrected chi connectivity index (χ3v) is 6.29. The molecule has 0 bridgehead atoms. The van der Waals surface area contributed by atoms with Crippen molar-refractivity contribution in [2.24, 2.45) is 5.41 Å². The highest BCUT2D eigenvalue weighted by atomic mass is 16.6. The third-order valence-electron chi connectivity index (χ3n) is 6.29. The van der Waals surface area contributed by atoms with Crippen molar-refractivity contribution in [2.45, 2.75) is 44.1 Å². The summed E-state index contributed by atoms with van der Waals surface area (Å²) in [5.74, 6) is 0.935. The van der Waals surface area contributed by atoms with E-state index in [1.54, 1.807) is 14.2 Å². The lowest BCUT2D eigenvalue weighted by Crippen LogP contribution is -2.52. The number of methoxy groups -OCH3 is 2. The van der Waals surface area contributed by atoms with Gasteiger partial charge in [-0.2, -0.15) is 0 Å². The van der Waals surface area contributed by atoms with Crippen molar-refractivity contribution in [2.75, 3.05) is 20.8 Å². The Labute approximate surface area is 146 Å². The summed E-state index contributed by atoms with van der Waals surface area (Å²) in [5, 5.41) is 0. The molecule has 3 aliphatic rings. The smallest absolute Gasteiger partial charge is 0.313 e. The van der Waals surface area contributed by atoms with Crippen molar-refractivity contribution in [3.05, 3.63) is 23.3 Å². The van der Waals surface area contributed by atoms with Crippen LogP contribution in [-0.2, 0) is 30.9 Å². The average molecular weight is 346 g/mol. The van der Waals surface area contributed by atoms with Crippen molar-refractivity contribution >= 4 is 11.9 Å². The average Bonchev–Trinajstić information content (AvgIpc) is 3.09. The van der Waals surface area contributed by atoms with E-state index in [9.17, 15) is 9.59 Å². The summed E-state index contributed by atoms with van der Waals surface area (Å²) < 4.78 is 22.5. The van der Waals surface area contributed by atoms with Crippen LogP contribution in [0.1, 0.15) is 37.3 Å². The first-order chi connectivity index (χ1) is 12.0. The van der Waals surface area contributed by atoms with Crippen molar-refractivity contribution in [1.82, 2.24) is 0 Å². The fraction of sp³-hybridized carbons (Fsp3) is 0.579. The molecule has 0 N–H and O–H groups in total. The van der Waals surface area contributed by atoms with Crippen LogP contribution in [0.4, 0.5) is 0 Å². The molecule has 1 aromatic rings. The summed E-state index contributed by atoms with van der Waals surface area (Å²) in [6, 6.07) is 3.74. The van der Waals surface area contributed by atoms with Crippen molar-refractivity contribution in [1.29, 1.82) is 0 Å². The Balaban J connectivity index is 2.00. The molecule has 6 nitrogen and oxygen atoms in total. The largest absolute Gasteiger partial charge is 0.496 e. The van der Waals surface area contributed by atoms with Gasteiger partial charge in [0.15, 0.2) is 0 Å². The van der Waals surface area contributed by atoms with Gasteiger partial charge in [0.25, 0.3) is 0 Å². The number of cyclic esters (lactones) is 1. The molecule has 2 fully saturated rings. The minimum Gasteiger partial charge on any atom is -0.496 e. The second-order valence-electron chi connectivity index (χ2n) is 7.09. The van der Waals surface area contributed by atoms with E-state index >= 15 is 0 Å². The van der Waals surface area contributed by atoms with Gasteiger partial charge in [-0.25, -0.2) is 0 Å². The minimum atomic E-state index is -0.705. The Hall–Kier alpha value is -2.24. The maximum absolute atomic E-state index is 12.8. The van der Waals surface area contributed by atoms with Crippen molar-refractivity contribution in [3.8, 4) is 11.5 Å². The molecule has 1 aliphatic heterocycles. The van der Waals surface area contributed by atoms with Gasteiger partial charge in [0, 0.05) is 18.1 Å². The summed E-state index contributed by atoms with van der Waals surface area (Å²) >= 11 is 0. The molecule has 1 saturated heterocycles. The van der Waals surface area contributed by atoms with E-state index < -0.39 is 16.9 Å².